The Morgan fingerprint density at radius 3 is 2.26 bits per heavy atom. The SMILES string of the molecule is CCC(CC)N(CC(C)C)C(=O)CNCCOC.Cl. The first-order chi connectivity index (χ1) is 8.56. The van der Waals surface area contributed by atoms with Crippen LogP contribution < -0.4 is 5.32 Å². The molecule has 1 N–H and O–H groups in total. The molecule has 0 fully saturated rings. The molecular formula is C14H31ClN2O2. The maximum atomic E-state index is 12.2. The highest BCUT2D eigenvalue weighted by atomic mass is 35.5. The summed E-state index contributed by atoms with van der Waals surface area (Å²) < 4.78 is 4.95. The van der Waals surface area contributed by atoms with Gasteiger partial charge in [0, 0.05) is 26.2 Å². The van der Waals surface area contributed by atoms with Gasteiger partial charge in [0.2, 0.25) is 5.91 Å². The molecule has 0 bridgehead atoms. The zero-order valence-corrected chi connectivity index (χ0v) is 13.9. The minimum Gasteiger partial charge on any atom is -0.383 e. The highest BCUT2D eigenvalue weighted by Crippen LogP contribution is 2.11. The molecule has 0 heterocycles. The van der Waals surface area contributed by atoms with Crippen molar-refractivity contribution >= 4 is 18.3 Å². The van der Waals surface area contributed by atoms with Crippen molar-refractivity contribution in [2.24, 2.45) is 5.92 Å². The molecular weight excluding hydrogens is 264 g/mol. The average molecular weight is 295 g/mol. The molecule has 4 nitrogen and oxygen atoms in total. The molecule has 0 aromatic carbocycles. The second-order valence-corrected chi connectivity index (χ2v) is 5.08. The summed E-state index contributed by atoms with van der Waals surface area (Å²) in [6.07, 6.45) is 2.04. The molecule has 0 saturated heterocycles. The van der Waals surface area contributed by atoms with Gasteiger partial charge in [-0.25, -0.2) is 0 Å². The normalized spacial score (nSPS) is 10.7. The highest BCUT2D eigenvalue weighted by Gasteiger charge is 2.21. The van der Waals surface area contributed by atoms with E-state index in [2.05, 4.69) is 33.0 Å². The second-order valence-electron chi connectivity index (χ2n) is 5.08. The minimum atomic E-state index is 0. The fourth-order valence-corrected chi connectivity index (χ4v) is 2.05. The third-order valence-electron chi connectivity index (χ3n) is 3.02. The number of hydrogen-bond acceptors (Lipinski definition) is 3. The van der Waals surface area contributed by atoms with E-state index in [1.165, 1.54) is 0 Å². The molecule has 19 heavy (non-hydrogen) atoms. The number of methoxy groups -OCH3 is 1. The van der Waals surface area contributed by atoms with Crippen molar-refractivity contribution in [1.29, 1.82) is 0 Å². The predicted molar refractivity (Wildman–Crippen MR) is 82.9 cm³/mol. The van der Waals surface area contributed by atoms with Crippen LogP contribution in [0, 0.1) is 5.92 Å². The maximum Gasteiger partial charge on any atom is 0.236 e. The molecule has 0 aliphatic carbocycles. The molecule has 5 heteroatoms. The van der Waals surface area contributed by atoms with E-state index >= 15 is 0 Å². The zero-order valence-electron chi connectivity index (χ0n) is 13.1. The van der Waals surface area contributed by atoms with Crippen LogP contribution in [0.5, 0.6) is 0 Å². The van der Waals surface area contributed by atoms with Crippen molar-refractivity contribution in [3.05, 3.63) is 0 Å². The number of nitrogens with zero attached hydrogens (tertiary/aromatic N) is 1. The maximum absolute atomic E-state index is 12.2. The van der Waals surface area contributed by atoms with Gasteiger partial charge in [0.05, 0.1) is 13.2 Å². The smallest absolute Gasteiger partial charge is 0.236 e. The Bertz CT molecular complexity index is 221. The van der Waals surface area contributed by atoms with Crippen molar-refractivity contribution in [3.63, 3.8) is 0 Å². The Morgan fingerprint density at radius 1 is 1.26 bits per heavy atom. The zero-order chi connectivity index (χ0) is 14.0. The number of rotatable bonds is 10. The fraction of sp³-hybridized carbons (Fsp3) is 0.929. The van der Waals surface area contributed by atoms with Gasteiger partial charge in [0.1, 0.15) is 0 Å². The van der Waals surface area contributed by atoms with Crippen LogP contribution in [0.3, 0.4) is 0 Å². The third-order valence-corrected chi connectivity index (χ3v) is 3.02. The summed E-state index contributed by atoms with van der Waals surface area (Å²) in [7, 11) is 1.67. The van der Waals surface area contributed by atoms with Crippen LogP contribution in [0.4, 0.5) is 0 Å². The van der Waals surface area contributed by atoms with Crippen LogP contribution in [0.25, 0.3) is 0 Å². The van der Waals surface area contributed by atoms with E-state index in [1.807, 2.05) is 4.90 Å². The molecule has 116 valence electrons. The third kappa shape index (κ3) is 9.25. The summed E-state index contributed by atoms with van der Waals surface area (Å²) in [6, 6.07) is 0.365. The molecule has 0 aromatic heterocycles. The lowest BCUT2D eigenvalue weighted by Crippen LogP contribution is -2.46. The molecule has 0 rings (SSSR count). The Kier molecular flexibility index (Phi) is 14.0. The number of halogens is 1. The molecule has 0 aliphatic rings. The van der Waals surface area contributed by atoms with E-state index in [1.54, 1.807) is 7.11 Å². The van der Waals surface area contributed by atoms with E-state index in [-0.39, 0.29) is 18.3 Å². The summed E-state index contributed by atoms with van der Waals surface area (Å²) in [6.45, 7) is 11.2. The van der Waals surface area contributed by atoms with Gasteiger partial charge in [-0.2, -0.15) is 0 Å². The van der Waals surface area contributed by atoms with Crippen molar-refractivity contribution < 1.29 is 9.53 Å². The van der Waals surface area contributed by atoms with Gasteiger partial charge < -0.3 is 15.0 Å². The molecule has 0 aliphatic heterocycles. The van der Waals surface area contributed by atoms with E-state index in [4.69, 9.17) is 4.74 Å². The Labute approximate surface area is 124 Å². The van der Waals surface area contributed by atoms with Gasteiger partial charge in [-0.05, 0) is 18.8 Å². The fourth-order valence-electron chi connectivity index (χ4n) is 2.05. The molecule has 0 unspecified atom stereocenters. The summed E-state index contributed by atoms with van der Waals surface area (Å²) in [4.78, 5) is 14.3. The standard InChI is InChI=1S/C14H30N2O2.ClH/c1-6-13(7-2)16(11-12(3)4)14(17)10-15-8-9-18-5;/h12-13,15H,6-11H2,1-5H3;1H. The Balaban J connectivity index is 0. The predicted octanol–water partition coefficient (Wildman–Crippen LogP) is 2.32. The number of hydrogen-bond donors (Lipinski definition) is 1. The number of ether oxygens (including phenoxy) is 1. The van der Waals surface area contributed by atoms with Gasteiger partial charge >= 0.3 is 0 Å². The second kappa shape index (κ2) is 12.7. The van der Waals surface area contributed by atoms with E-state index in [0.29, 0.717) is 25.1 Å². The van der Waals surface area contributed by atoms with Crippen molar-refractivity contribution in [2.45, 2.75) is 46.6 Å². The van der Waals surface area contributed by atoms with Gasteiger partial charge in [0.15, 0.2) is 0 Å². The van der Waals surface area contributed by atoms with Crippen molar-refractivity contribution in [2.75, 3.05) is 33.4 Å². The van der Waals surface area contributed by atoms with Crippen LogP contribution in [0.2, 0.25) is 0 Å². The van der Waals surface area contributed by atoms with Crippen molar-refractivity contribution in [3.8, 4) is 0 Å². The molecule has 0 aromatic rings. The lowest BCUT2D eigenvalue weighted by atomic mass is 10.1. The van der Waals surface area contributed by atoms with Crippen LogP contribution in [0.1, 0.15) is 40.5 Å². The molecule has 0 atom stereocenters. The number of nitrogens with one attached hydrogen (secondary N) is 1. The summed E-state index contributed by atoms with van der Waals surface area (Å²) >= 11 is 0. The first-order valence-electron chi connectivity index (χ1n) is 7.05. The van der Waals surface area contributed by atoms with Crippen LogP contribution in [-0.2, 0) is 9.53 Å². The van der Waals surface area contributed by atoms with Crippen LogP contribution in [0.15, 0.2) is 0 Å². The monoisotopic (exact) mass is 294 g/mol. The summed E-state index contributed by atoms with van der Waals surface area (Å²) in [5.74, 6) is 0.710. The Morgan fingerprint density at radius 2 is 1.84 bits per heavy atom. The quantitative estimate of drug-likeness (QED) is 0.629. The molecule has 0 radical (unpaired) electrons. The van der Waals surface area contributed by atoms with E-state index in [0.717, 1.165) is 25.9 Å². The topological polar surface area (TPSA) is 41.6 Å². The highest BCUT2D eigenvalue weighted by molar-refractivity contribution is 5.85. The number of carbonyl (C=O) groups is 1. The molecule has 0 spiro atoms. The van der Waals surface area contributed by atoms with Crippen molar-refractivity contribution in [1.82, 2.24) is 10.2 Å². The molecule has 1 amide bonds. The first kappa shape index (κ1) is 21.0. The Hall–Kier alpha value is -0.320. The lowest BCUT2D eigenvalue weighted by molar-refractivity contribution is -0.133. The van der Waals surface area contributed by atoms with Crippen LogP contribution in [-0.4, -0.2) is 50.2 Å². The van der Waals surface area contributed by atoms with Gasteiger partial charge in [-0.3, -0.25) is 4.79 Å². The minimum absolute atomic E-state index is 0. The molecule has 0 saturated carbocycles. The van der Waals surface area contributed by atoms with Gasteiger partial charge in [0.25, 0.3) is 0 Å². The lowest BCUT2D eigenvalue weighted by Gasteiger charge is -2.32. The van der Waals surface area contributed by atoms with Crippen LogP contribution >= 0.6 is 12.4 Å². The first-order valence-corrected chi connectivity index (χ1v) is 7.05. The average Bonchev–Trinajstić information content (AvgIpc) is 2.34. The number of carbonyl (C=O) groups excluding carboxylic acids is 1. The number of amides is 1. The summed E-state index contributed by atoms with van der Waals surface area (Å²) in [5.41, 5.74) is 0. The van der Waals surface area contributed by atoms with Gasteiger partial charge in [-0.15, -0.1) is 12.4 Å². The van der Waals surface area contributed by atoms with Gasteiger partial charge in [-0.1, -0.05) is 27.7 Å². The summed E-state index contributed by atoms with van der Waals surface area (Å²) in [5, 5.41) is 3.13. The van der Waals surface area contributed by atoms with E-state index in [9.17, 15) is 4.79 Å². The van der Waals surface area contributed by atoms with E-state index < -0.39 is 0 Å². The largest absolute Gasteiger partial charge is 0.383 e.